The van der Waals surface area contributed by atoms with Gasteiger partial charge in [-0.2, -0.15) is 0 Å². The molecule has 7 nitrogen and oxygen atoms in total. The van der Waals surface area contributed by atoms with E-state index in [4.69, 9.17) is 5.11 Å². The van der Waals surface area contributed by atoms with E-state index in [0.29, 0.717) is 44.3 Å². The van der Waals surface area contributed by atoms with Crippen LogP contribution in [0.5, 0.6) is 0 Å². The van der Waals surface area contributed by atoms with Gasteiger partial charge in [0, 0.05) is 48.8 Å². The van der Waals surface area contributed by atoms with Gasteiger partial charge in [-0.05, 0) is 24.5 Å². The number of aliphatic hydroxyl groups is 1. The predicted octanol–water partition coefficient (Wildman–Crippen LogP) is 2.52. The quantitative estimate of drug-likeness (QED) is 0.333. The summed E-state index contributed by atoms with van der Waals surface area (Å²) in [7, 11) is 1.46. The number of rotatable bonds is 8. The summed E-state index contributed by atoms with van der Waals surface area (Å²) in [5.74, 6) is 0.525. The van der Waals surface area contributed by atoms with E-state index in [2.05, 4.69) is 4.98 Å². The van der Waals surface area contributed by atoms with Gasteiger partial charge in [0.25, 0.3) is 5.56 Å². The maximum absolute atomic E-state index is 13.2. The van der Waals surface area contributed by atoms with Crippen molar-refractivity contribution in [3.05, 3.63) is 55.8 Å². The lowest BCUT2D eigenvalue weighted by Crippen LogP contribution is -2.38. The predicted molar refractivity (Wildman–Crippen MR) is 116 cm³/mol. The summed E-state index contributed by atoms with van der Waals surface area (Å²) in [6.07, 6.45) is 3.62. The van der Waals surface area contributed by atoms with Crippen LogP contribution in [0.15, 0.2) is 39.0 Å². The van der Waals surface area contributed by atoms with Crippen LogP contribution in [0.2, 0.25) is 0 Å². The van der Waals surface area contributed by atoms with E-state index in [1.54, 1.807) is 22.9 Å². The summed E-state index contributed by atoms with van der Waals surface area (Å²) in [6.45, 7) is 4.47. The molecule has 1 N–H and O–H groups in total. The zero-order valence-corrected chi connectivity index (χ0v) is 18.2. The largest absolute Gasteiger partial charge is 0.396 e. The fourth-order valence-electron chi connectivity index (χ4n) is 2.99. The molecule has 29 heavy (non-hydrogen) atoms. The van der Waals surface area contributed by atoms with Crippen LogP contribution in [-0.2, 0) is 13.6 Å². The fourth-order valence-corrected chi connectivity index (χ4v) is 5.54. The molecular weight excluding hydrogens is 410 g/mol. The van der Waals surface area contributed by atoms with Gasteiger partial charge in [-0.25, -0.2) is 4.79 Å². The highest BCUT2D eigenvalue weighted by Gasteiger charge is 2.26. The number of carbonyl (C=O) groups is 1. The van der Waals surface area contributed by atoms with Crippen LogP contribution in [0.4, 0.5) is 0 Å². The lowest BCUT2D eigenvalue weighted by Gasteiger charge is -2.11. The van der Waals surface area contributed by atoms with Gasteiger partial charge < -0.3 is 5.11 Å². The lowest BCUT2D eigenvalue weighted by atomic mass is 10.1. The van der Waals surface area contributed by atoms with Crippen LogP contribution < -0.4 is 11.2 Å². The zero-order valence-electron chi connectivity index (χ0n) is 16.5. The van der Waals surface area contributed by atoms with Crippen LogP contribution in [0, 0.1) is 5.92 Å². The summed E-state index contributed by atoms with van der Waals surface area (Å²) in [5, 5.41) is 9.54. The van der Waals surface area contributed by atoms with Crippen molar-refractivity contribution in [2.24, 2.45) is 13.0 Å². The summed E-state index contributed by atoms with van der Waals surface area (Å²) < 4.78 is 2.69. The Morgan fingerprint density at radius 1 is 1.34 bits per heavy atom. The number of pyridine rings is 1. The van der Waals surface area contributed by atoms with E-state index >= 15 is 0 Å². The van der Waals surface area contributed by atoms with Gasteiger partial charge in [-0.1, -0.05) is 13.8 Å². The van der Waals surface area contributed by atoms with Crippen molar-refractivity contribution in [3.63, 3.8) is 0 Å². The average Bonchev–Trinajstić information content (AvgIpc) is 3.09. The summed E-state index contributed by atoms with van der Waals surface area (Å²) in [4.78, 5) is 44.5. The number of hydrogen-bond donors (Lipinski definition) is 1. The number of fused-ring (bicyclic) bond motifs is 1. The van der Waals surface area contributed by atoms with E-state index in [1.807, 2.05) is 13.8 Å². The van der Waals surface area contributed by atoms with Crippen molar-refractivity contribution in [3.8, 4) is 0 Å². The standard InChI is InChI=1S/C20H23N3O4S2/c1-12(2)11-23-19-14(18(26)22(3)20(23)27)16(28-9-5-8-24)17(29-19)15(25)13-6-4-7-21-10-13/h4,6-7,10,12,24H,5,8-9,11H2,1-3H3. The number of aromatic nitrogens is 3. The first-order valence-corrected chi connectivity index (χ1v) is 11.1. The lowest BCUT2D eigenvalue weighted by molar-refractivity contribution is 0.104. The maximum atomic E-state index is 13.2. The number of carbonyl (C=O) groups excluding carboxylic acids is 1. The Kier molecular flexibility index (Phi) is 6.71. The molecule has 0 amide bonds. The smallest absolute Gasteiger partial charge is 0.331 e. The SMILES string of the molecule is CC(C)Cn1c(=O)n(C)c(=O)c2c(SCCCO)c(C(=O)c3cccnc3)sc21. The zero-order chi connectivity index (χ0) is 21.1. The third-order valence-electron chi connectivity index (χ3n) is 4.35. The number of ketones is 1. The Balaban J connectivity index is 2.31. The Morgan fingerprint density at radius 2 is 2.10 bits per heavy atom. The number of hydrogen-bond acceptors (Lipinski definition) is 7. The Hall–Kier alpha value is -2.23. The van der Waals surface area contributed by atoms with Crippen LogP contribution in [0.1, 0.15) is 35.5 Å². The molecule has 0 bridgehead atoms. The number of aliphatic hydroxyl groups excluding tert-OH is 1. The van der Waals surface area contributed by atoms with Crippen LogP contribution in [0.25, 0.3) is 10.2 Å². The molecule has 3 aromatic rings. The number of thiophene rings is 1. The minimum Gasteiger partial charge on any atom is -0.396 e. The Morgan fingerprint density at radius 3 is 2.72 bits per heavy atom. The molecule has 0 aliphatic rings. The van der Waals surface area contributed by atoms with Crippen molar-refractivity contribution in [2.45, 2.75) is 31.7 Å². The molecular formula is C20H23N3O4S2. The molecule has 0 radical (unpaired) electrons. The summed E-state index contributed by atoms with van der Waals surface area (Å²) >= 11 is 2.55. The van der Waals surface area contributed by atoms with Gasteiger partial charge in [0.15, 0.2) is 0 Å². The van der Waals surface area contributed by atoms with Crippen molar-refractivity contribution in [1.29, 1.82) is 0 Å². The van der Waals surface area contributed by atoms with Crippen LogP contribution >= 0.6 is 23.1 Å². The monoisotopic (exact) mass is 433 g/mol. The van der Waals surface area contributed by atoms with Crippen molar-refractivity contribution < 1.29 is 9.90 Å². The van der Waals surface area contributed by atoms with Gasteiger partial charge >= 0.3 is 5.69 Å². The average molecular weight is 434 g/mol. The van der Waals surface area contributed by atoms with Gasteiger partial charge in [0.05, 0.1) is 10.3 Å². The highest BCUT2D eigenvalue weighted by atomic mass is 32.2. The van der Waals surface area contributed by atoms with E-state index < -0.39 is 5.56 Å². The third-order valence-corrected chi connectivity index (χ3v) is 6.88. The number of thioether (sulfide) groups is 1. The Labute approximate surface area is 176 Å². The first kappa shape index (κ1) is 21.5. The normalized spacial score (nSPS) is 11.5. The minimum absolute atomic E-state index is 0.0248. The molecule has 0 aliphatic heterocycles. The van der Waals surface area contributed by atoms with Gasteiger partial charge in [-0.15, -0.1) is 23.1 Å². The maximum Gasteiger partial charge on any atom is 0.331 e. The highest BCUT2D eigenvalue weighted by molar-refractivity contribution is 7.99. The fraction of sp³-hybridized carbons (Fsp3) is 0.400. The van der Waals surface area contributed by atoms with Crippen LogP contribution in [-0.4, -0.2) is 37.4 Å². The van der Waals surface area contributed by atoms with Crippen LogP contribution in [0.3, 0.4) is 0 Å². The molecule has 3 heterocycles. The molecule has 0 aliphatic carbocycles. The van der Waals surface area contributed by atoms with E-state index in [1.165, 1.54) is 36.3 Å². The second-order valence-corrected chi connectivity index (χ2v) is 9.19. The van der Waals surface area contributed by atoms with Crippen molar-refractivity contribution in [1.82, 2.24) is 14.1 Å². The van der Waals surface area contributed by atoms with E-state index in [-0.39, 0.29) is 24.0 Å². The molecule has 3 rings (SSSR count). The van der Waals surface area contributed by atoms with Gasteiger partial charge in [0.1, 0.15) is 4.83 Å². The molecule has 0 fully saturated rings. The molecule has 154 valence electrons. The van der Waals surface area contributed by atoms with E-state index in [9.17, 15) is 14.4 Å². The first-order valence-electron chi connectivity index (χ1n) is 9.31. The molecule has 0 spiro atoms. The topological polar surface area (TPSA) is 94.2 Å². The minimum atomic E-state index is -0.405. The second-order valence-electron chi connectivity index (χ2n) is 7.09. The molecule has 0 aromatic carbocycles. The molecule has 3 aromatic heterocycles. The molecule has 0 saturated carbocycles. The molecule has 0 unspecified atom stereocenters. The van der Waals surface area contributed by atoms with Gasteiger partial charge in [0.2, 0.25) is 5.78 Å². The summed E-state index contributed by atoms with van der Waals surface area (Å²) in [6, 6.07) is 3.37. The molecule has 0 atom stereocenters. The Bertz CT molecular complexity index is 1150. The summed E-state index contributed by atoms with van der Waals surface area (Å²) in [5.41, 5.74) is -0.361. The first-order chi connectivity index (χ1) is 13.9. The number of nitrogens with zero attached hydrogens (tertiary/aromatic N) is 3. The van der Waals surface area contributed by atoms with Gasteiger partial charge in [-0.3, -0.25) is 23.7 Å². The third kappa shape index (κ3) is 4.22. The highest BCUT2D eigenvalue weighted by Crippen LogP contribution is 2.38. The molecule has 9 heteroatoms. The van der Waals surface area contributed by atoms with Crippen molar-refractivity contribution in [2.75, 3.05) is 12.4 Å². The second kappa shape index (κ2) is 9.06. The molecule has 0 saturated heterocycles. The van der Waals surface area contributed by atoms with E-state index in [0.717, 1.165) is 4.57 Å². The van der Waals surface area contributed by atoms with Crippen molar-refractivity contribution >= 4 is 39.1 Å².